The Hall–Kier alpha value is -2.65. The van der Waals surface area contributed by atoms with Crippen molar-refractivity contribution in [3.05, 3.63) is 35.4 Å². The highest BCUT2D eigenvalue weighted by Crippen LogP contribution is 2.48. The van der Waals surface area contributed by atoms with Crippen LogP contribution >= 0.6 is 0 Å². The molecule has 1 heterocycles. The Morgan fingerprint density at radius 2 is 1.29 bits per heavy atom. The summed E-state index contributed by atoms with van der Waals surface area (Å²) in [5.41, 5.74) is 1.64. The molecule has 0 saturated carbocycles. The van der Waals surface area contributed by atoms with Gasteiger partial charge in [-0.15, -0.1) is 0 Å². The topological polar surface area (TPSA) is 89.5 Å². The van der Waals surface area contributed by atoms with Gasteiger partial charge < -0.3 is 28.4 Å². The van der Waals surface area contributed by atoms with Gasteiger partial charge in [-0.3, -0.25) is 0 Å². The van der Waals surface area contributed by atoms with Crippen molar-refractivity contribution in [2.45, 2.75) is 50.2 Å². The lowest BCUT2D eigenvalue weighted by Crippen LogP contribution is -2.11. The summed E-state index contributed by atoms with van der Waals surface area (Å²) >= 11 is 0. The maximum Gasteiger partial charge on any atom is 0.203 e. The van der Waals surface area contributed by atoms with E-state index in [2.05, 4.69) is 0 Å². The van der Waals surface area contributed by atoms with E-state index in [1.54, 1.807) is 33.5 Å². The molecule has 2 aromatic carbocycles. The predicted octanol–water partition coefficient (Wildman–Crippen LogP) is 4.90. The minimum atomic E-state index is -3.55. The second-order valence-electron chi connectivity index (χ2n) is 7.95. The third-order valence-corrected chi connectivity index (χ3v) is 7.73. The maximum atomic E-state index is 13.0. The van der Waals surface area contributed by atoms with Crippen molar-refractivity contribution in [2.24, 2.45) is 0 Å². The van der Waals surface area contributed by atoms with Crippen molar-refractivity contribution in [1.82, 2.24) is 0 Å². The van der Waals surface area contributed by atoms with Gasteiger partial charge in [0.15, 0.2) is 32.8 Å². The molecule has 0 unspecified atom stereocenters. The quantitative estimate of drug-likeness (QED) is 0.436. The molecule has 0 amide bonds. The summed E-state index contributed by atoms with van der Waals surface area (Å²) in [5.74, 6) is 2.29. The van der Waals surface area contributed by atoms with Gasteiger partial charge in [-0.25, -0.2) is 8.42 Å². The van der Waals surface area contributed by atoms with Gasteiger partial charge in [-0.05, 0) is 61.6 Å². The lowest BCUT2D eigenvalue weighted by atomic mass is 10.0. The predicted molar refractivity (Wildman–Crippen MR) is 128 cm³/mol. The summed E-state index contributed by atoms with van der Waals surface area (Å²) in [7, 11) is 2.67. The van der Waals surface area contributed by atoms with E-state index in [1.807, 2.05) is 26.0 Å². The molecule has 0 N–H and O–H groups in total. The van der Waals surface area contributed by atoms with Crippen LogP contribution in [-0.4, -0.2) is 49.2 Å². The molecule has 0 aliphatic carbocycles. The van der Waals surface area contributed by atoms with Crippen molar-refractivity contribution < 1.29 is 36.8 Å². The minimum Gasteiger partial charge on any atom is -0.493 e. The molecule has 0 bridgehead atoms. The van der Waals surface area contributed by atoms with Crippen LogP contribution in [0.2, 0.25) is 0 Å². The molecule has 3 rings (SSSR count). The largest absolute Gasteiger partial charge is 0.493 e. The van der Waals surface area contributed by atoms with Crippen molar-refractivity contribution >= 4 is 9.84 Å². The average molecular weight is 495 g/mol. The van der Waals surface area contributed by atoms with E-state index >= 15 is 0 Å². The molecule has 1 aliphatic rings. The summed E-state index contributed by atoms with van der Waals surface area (Å²) in [4.78, 5) is 0.144. The molecule has 2 aromatic rings. The van der Waals surface area contributed by atoms with E-state index in [4.69, 9.17) is 28.4 Å². The number of benzene rings is 2. The zero-order valence-electron chi connectivity index (χ0n) is 20.7. The molecule has 0 spiro atoms. The summed E-state index contributed by atoms with van der Waals surface area (Å²) in [5, 5.41) is 0. The summed E-state index contributed by atoms with van der Waals surface area (Å²) in [6.45, 7) is 3.97. The molecule has 2 atom stereocenters. The average Bonchev–Trinajstić information content (AvgIpc) is 3.33. The number of hydrogen-bond donors (Lipinski definition) is 0. The Morgan fingerprint density at radius 3 is 1.74 bits per heavy atom. The van der Waals surface area contributed by atoms with E-state index in [0.29, 0.717) is 42.4 Å². The first-order valence-electron chi connectivity index (χ1n) is 11.4. The number of hydrogen-bond acceptors (Lipinski definition) is 8. The van der Waals surface area contributed by atoms with Crippen LogP contribution in [0.5, 0.6) is 28.7 Å². The van der Waals surface area contributed by atoms with Crippen LogP contribution in [0.3, 0.4) is 0 Å². The zero-order valence-corrected chi connectivity index (χ0v) is 21.5. The molecule has 1 fully saturated rings. The fourth-order valence-corrected chi connectivity index (χ4v) is 5.76. The number of methoxy groups -OCH3 is 4. The molecular weight excluding hydrogens is 460 g/mol. The molecule has 9 heteroatoms. The fourth-order valence-electron chi connectivity index (χ4n) is 4.25. The first kappa shape index (κ1) is 26.0. The summed E-state index contributed by atoms with van der Waals surface area (Å²) in [6, 6.07) is 7.23. The molecule has 188 valence electrons. The van der Waals surface area contributed by atoms with Crippen molar-refractivity contribution in [1.29, 1.82) is 0 Å². The van der Waals surface area contributed by atoms with Crippen LogP contribution in [0, 0.1) is 0 Å². The molecule has 8 nitrogen and oxygen atoms in total. The fraction of sp³-hybridized carbons (Fsp3) is 0.520. The summed E-state index contributed by atoms with van der Waals surface area (Å²) in [6.07, 6.45) is 1.45. The zero-order chi connectivity index (χ0) is 24.9. The van der Waals surface area contributed by atoms with Crippen molar-refractivity contribution in [3.63, 3.8) is 0 Å². The number of sulfone groups is 1. The van der Waals surface area contributed by atoms with Crippen LogP contribution < -0.4 is 23.7 Å². The smallest absolute Gasteiger partial charge is 0.203 e. The standard InChI is InChI=1S/C25H34O8S/c1-7-11-34(26,27)23-15-17(14-22(30-5)25(23)32-8-2)19-10-9-18(33-19)16-12-20(28-3)24(31-6)21(13-16)29-4/h12-15,18-19H,7-11H2,1-6H3/t18-,19-/m1/s1. The lowest BCUT2D eigenvalue weighted by Gasteiger charge is -2.20. The van der Waals surface area contributed by atoms with Crippen LogP contribution in [0.4, 0.5) is 0 Å². The van der Waals surface area contributed by atoms with Crippen LogP contribution in [0.1, 0.15) is 56.4 Å². The van der Waals surface area contributed by atoms with E-state index in [-0.39, 0.29) is 28.6 Å². The molecule has 1 aliphatic heterocycles. The number of rotatable bonds is 11. The van der Waals surface area contributed by atoms with Gasteiger partial charge >= 0.3 is 0 Å². The highest BCUT2D eigenvalue weighted by Gasteiger charge is 2.32. The van der Waals surface area contributed by atoms with Crippen molar-refractivity contribution in [3.8, 4) is 28.7 Å². The highest BCUT2D eigenvalue weighted by atomic mass is 32.2. The Bertz CT molecular complexity index is 1070. The molecule has 34 heavy (non-hydrogen) atoms. The Labute approximate surface area is 202 Å². The highest BCUT2D eigenvalue weighted by molar-refractivity contribution is 7.91. The normalized spacial score (nSPS) is 17.9. The third kappa shape index (κ3) is 5.20. The van der Waals surface area contributed by atoms with E-state index < -0.39 is 9.84 Å². The van der Waals surface area contributed by atoms with Gasteiger partial charge in [0, 0.05) is 0 Å². The van der Waals surface area contributed by atoms with Crippen LogP contribution in [0.15, 0.2) is 29.2 Å². The van der Waals surface area contributed by atoms with Crippen LogP contribution in [0.25, 0.3) is 0 Å². The molecule has 0 radical (unpaired) electrons. The Morgan fingerprint density at radius 1 is 0.794 bits per heavy atom. The van der Waals surface area contributed by atoms with E-state index in [0.717, 1.165) is 17.5 Å². The first-order valence-corrected chi connectivity index (χ1v) is 13.0. The van der Waals surface area contributed by atoms with Gasteiger partial charge in [0.05, 0.1) is 53.0 Å². The molecule has 0 aromatic heterocycles. The SMILES string of the molecule is CCCS(=O)(=O)c1cc([C@H]2CC[C@H](c3cc(OC)c(OC)c(OC)c3)O2)cc(OC)c1OCC. The van der Waals surface area contributed by atoms with Gasteiger partial charge in [0.1, 0.15) is 4.90 Å². The van der Waals surface area contributed by atoms with Crippen LogP contribution in [-0.2, 0) is 14.6 Å². The lowest BCUT2D eigenvalue weighted by molar-refractivity contribution is 0.0435. The Kier molecular flexibility index (Phi) is 8.54. The van der Waals surface area contributed by atoms with Gasteiger partial charge in [0.2, 0.25) is 5.75 Å². The third-order valence-electron chi connectivity index (χ3n) is 5.81. The van der Waals surface area contributed by atoms with Gasteiger partial charge in [-0.1, -0.05) is 6.92 Å². The first-order chi connectivity index (χ1) is 16.3. The van der Waals surface area contributed by atoms with Crippen molar-refractivity contribution in [2.75, 3.05) is 40.8 Å². The Balaban J connectivity index is 1.98. The monoisotopic (exact) mass is 494 g/mol. The molecular formula is C25H34O8S. The minimum absolute atomic E-state index is 0.0271. The second-order valence-corrected chi connectivity index (χ2v) is 10.0. The maximum absolute atomic E-state index is 13.0. The van der Waals surface area contributed by atoms with Gasteiger partial charge in [0.25, 0.3) is 0 Å². The van der Waals surface area contributed by atoms with E-state index in [1.165, 1.54) is 7.11 Å². The number of ether oxygens (including phenoxy) is 6. The molecule has 1 saturated heterocycles. The van der Waals surface area contributed by atoms with E-state index in [9.17, 15) is 8.42 Å². The second kappa shape index (κ2) is 11.2. The summed E-state index contributed by atoms with van der Waals surface area (Å²) < 4.78 is 60.0. The van der Waals surface area contributed by atoms with Gasteiger partial charge in [-0.2, -0.15) is 0 Å².